The SMILES string of the molecule is O=C(O)C(O)c1cc(CCCBr)cc(C(F)F)c1. The van der Waals surface area contributed by atoms with Crippen LogP contribution in [0.4, 0.5) is 8.78 Å². The molecule has 0 spiro atoms. The van der Waals surface area contributed by atoms with Gasteiger partial charge in [-0.1, -0.05) is 28.1 Å². The largest absolute Gasteiger partial charge is 0.479 e. The standard InChI is InChI=1S/C12H13BrF2O3/c13-3-1-2-7-4-8(10(16)12(17)18)6-9(5-7)11(14)15/h4-6,10-11,16H,1-3H2,(H,17,18). The van der Waals surface area contributed by atoms with E-state index in [0.717, 1.165) is 17.8 Å². The molecule has 0 aliphatic carbocycles. The molecule has 0 heterocycles. The molecule has 0 aromatic heterocycles. The predicted molar refractivity (Wildman–Crippen MR) is 66.1 cm³/mol. The van der Waals surface area contributed by atoms with Crippen molar-refractivity contribution in [1.82, 2.24) is 0 Å². The molecule has 0 aliphatic heterocycles. The van der Waals surface area contributed by atoms with Gasteiger partial charge in [0.1, 0.15) is 0 Å². The number of hydrogen-bond donors (Lipinski definition) is 2. The number of aryl methyl sites for hydroxylation is 1. The molecular weight excluding hydrogens is 310 g/mol. The van der Waals surface area contributed by atoms with E-state index in [1.807, 2.05) is 0 Å². The maximum Gasteiger partial charge on any atom is 0.337 e. The number of alkyl halides is 3. The van der Waals surface area contributed by atoms with Crippen LogP contribution in [0.3, 0.4) is 0 Å². The molecule has 0 saturated carbocycles. The van der Waals surface area contributed by atoms with Crippen molar-refractivity contribution in [3.05, 3.63) is 34.9 Å². The number of rotatable bonds is 6. The first-order valence-corrected chi connectivity index (χ1v) is 6.46. The van der Waals surface area contributed by atoms with Gasteiger partial charge in [0.15, 0.2) is 6.10 Å². The Morgan fingerprint density at radius 1 is 1.28 bits per heavy atom. The van der Waals surface area contributed by atoms with Crippen molar-refractivity contribution in [3.63, 3.8) is 0 Å². The number of aliphatic hydroxyl groups excluding tert-OH is 1. The van der Waals surface area contributed by atoms with Gasteiger partial charge in [-0.2, -0.15) is 0 Å². The number of hydrogen-bond acceptors (Lipinski definition) is 2. The van der Waals surface area contributed by atoms with Crippen molar-refractivity contribution in [2.24, 2.45) is 0 Å². The van der Waals surface area contributed by atoms with Crippen molar-refractivity contribution in [2.45, 2.75) is 25.4 Å². The normalized spacial score (nSPS) is 12.7. The van der Waals surface area contributed by atoms with Gasteiger partial charge in [0.25, 0.3) is 6.43 Å². The molecule has 2 N–H and O–H groups in total. The van der Waals surface area contributed by atoms with Crippen LogP contribution in [0.2, 0.25) is 0 Å². The summed E-state index contributed by atoms with van der Waals surface area (Å²) in [4.78, 5) is 10.7. The van der Waals surface area contributed by atoms with E-state index in [1.54, 1.807) is 0 Å². The molecule has 1 unspecified atom stereocenters. The summed E-state index contributed by atoms with van der Waals surface area (Å²) in [6.07, 6.45) is -3.17. The van der Waals surface area contributed by atoms with Crippen LogP contribution >= 0.6 is 15.9 Å². The van der Waals surface area contributed by atoms with E-state index in [0.29, 0.717) is 12.0 Å². The minimum Gasteiger partial charge on any atom is -0.479 e. The van der Waals surface area contributed by atoms with E-state index in [4.69, 9.17) is 5.11 Å². The lowest BCUT2D eigenvalue weighted by Gasteiger charge is -2.11. The second kappa shape index (κ2) is 6.80. The van der Waals surface area contributed by atoms with E-state index < -0.39 is 18.5 Å². The molecule has 0 fully saturated rings. The quantitative estimate of drug-likeness (QED) is 0.791. The summed E-state index contributed by atoms with van der Waals surface area (Å²) >= 11 is 3.23. The van der Waals surface area contributed by atoms with Gasteiger partial charge in [-0.05, 0) is 30.0 Å². The van der Waals surface area contributed by atoms with Crippen molar-refractivity contribution in [1.29, 1.82) is 0 Å². The first-order valence-electron chi connectivity index (χ1n) is 5.34. The van der Waals surface area contributed by atoms with Gasteiger partial charge >= 0.3 is 5.97 Å². The Labute approximate surface area is 112 Å². The number of benzene rings is 1. The van der Waals surface area contributed by atoms with Gasteiger partial charge in [0.2, 0.25) is 0 Å². The minimum absolute atomic E-state index is 0.00938. The van der Waals surface area contributed by atoms with E-state index in [9.17, 15) is 18.7 Å². The van der Waals surface area contributed by atoms with E-state index in [2.05, 4.69) is 15.9 Å². The highest BCUT2D eigenvalue weighted by atomic mass is 79.9. The summed E-state index contributed by atoms with van der Waals surface area (Å²) < 4.78 is 25.4. The molecular formula is C12H13BrF2O3. The molecule has 1 aromatic carbocycles. The lowest BCUT2D eigenvalue weighted by atomic mass is 9.99. The van der Waals surface area contributed by atoms with Crippen LogP contribution in [-0.4, -0.2) is 21.5 Å². The molecule has 1 aromatic rings. The van der Waals surface area contributed by atoms with Gasteiger partial charge in [-0.3, -0.25) is 0 Å². The van der Waals surface area contributed by atoms with Crippen LogP contribution in [-0.2, 0) is 11.2 Å². The molecule has 1 rings (SSSR count). The summed E-state index contributed by atoms with van der Waals surface area (Å²) in [5.74, 6) is -1.45. The van der Waals surface area contributed by atoms with Crippen LogP contribution in [0, 0.1) is 0 Å². The van der Waals surface area contributed by atoms with Crippen molar-refractivity contribution in [2.75, 3.05) is 5.33 Å². The molecule has 0 saturated heterocycles. The monoisotopic (exact) mass is 322 g/mol. The maximum atomic E-state index is 12.7. The third-order valence-electron chi connectivity index (χ3n) is 2.44. The van der Waals surface area contributed by atoms with Crippen LogP contribution in [0.15, 0.2) is 18.2 Å². The fourth-order valence-corrected chi connectivity index (χ4v) is 1.87. The van der Waals surface area contributed by atoms with Crippen molar-refractivity contribution < 1.29 is 23.8 Å². The highest BCUT2D eigenvalue weighted by Crippen LogP contribution is 2.25. The summed E-state index contributed by atoms with van der Waals surface area (Å²) in [6.45, 7) is 0. The van der Waals surface area contributed by atoms with E-state index >= 15 is 0 Å². The summed E-state index contributed by atoms with van der Waals surface area (Å²) in [5, 5.41) is 18.8. The lowest BCUT2D eigenvalue weighted by molar-refractivity contribution is -0.146. The highest BCUT2D eigenvalue weighted by Gasteiger charge is 2.19. The number of carboxylic acids is 1. The van der Waals surface area contributed by atoms with Gasteiger partial charge in [0.05, 0.1) is 0 Å². The Kier molecular flexibility index (Phi) is 5.68. The van der Waals surface area contributed by atoms with E-state index in [-0.39, 0.29) is 11.1 Å². The van der Waals surface area contributed by atoms with Crippen LogP contribution < -0.4 is 0 Å². The average Bonchev–Trinajstić information content (AvgIpc) is 2.34. The molecule has 1 atom stereocenters. The Hall–Kier alpha value is -1.01. The Morgan fingerprint density at radius 3 is 2.39 bits per heavy atom. The second-order valence-corrected chi connectivity index (χ2v) is 4.63. The zero-order valence-corrected chi connectivity index (χ0v) is 11.0. The average molecular weight is 323 g/mol. The van der Waals surface area contributed by atoms with Gasteiger partial charge in [-0.15, -0.1) is 0 Å². The van der Waals surface area contributed by atoms with Gasteiger partial charge < -0.3 is 10.2 Å². The third kappa shape index (κ3) is 4.03. The van der Waals surface area contributed by atoms with Crippen molar-refractivity contribution >= 4 is 21.9 Å². The molecule has 0 bridgehead atoms. The van der Waals surface area contributed by atoms with E-state index in [1.165, 1.54) is 12.1 Å². The molecule has 0 radical (unpaired) electrons. The summed E-state index contributed by atoms with van der Waals surface area (Å²) in [5.41, 5.74) is 0.324. The summed E-state index contributed by atoms with van der Waals surface area (Å²) in [6, 6.07) is 3.82. The zero-order valence-electron chi connectivity index (χ0n) is 9.44. The second-order valence-electron chi connectivity index (χ2n) is 3.84. The minimum atomic E-state index is -2.69. The molecule has 100 valence electrons. The predicted octanol–water partition coefficient (Wildman–Crippen LogP) is 3.07. The number of aliphatic carboxylic acids is 1. The Morgan fingerprint density at radius 2 is 1.89 bits per heavy atom. The number of carbonyl (C=O) groups is 1. The van der Waals surface area contributed by atoms with Crippen LogP contribution in [0.5, 0.6) is 0 Å². The number of aliphatic hydroxyl groups is 1. The molecule has 18 heavy (non-hydrogen) atoms. The fraction of sp³-hybridized carbons (Fsp3) is 0.417. The number of carboxylic acid groups (broad SMARTS) is 1. The Balaban J connectivity index is 3.09. The van der Waals surface area contributed by atoms with Gasteiger partial charge in [0, 0.05) is 10.9 Å². The molecule has 0 aliphatic rings. The summed E-state index contributed by atoms with van der Waals surface area (Å²) in [7, 11) is 0. The van der Waals surface area contributed by atoms with Crippen LogP contribution in [0.1, 0.15) is 35.6 Å². The number of halogens is 3. The Bertz CT molecular complexity index is 424. The zero-order chi connectivity index (χ0) is 13.7. The molecule has 6 heteroatoms. The van der Waals surface area contributed by atoms with Gasteiger partial charge in [-0.25, -0.2) is 13.6 Å². The molecule has 0 amide bonds. The topological polar surface area (TPSA) is 57.5 Å². The van der Waals surface area contributed by atoms with Crippen molar-refractivity contribution in [3.8, 4) is 0 Å². The first kappa shape index (κ1) is 15.0. The first-order chi connectivity index (χ1) is 8.45. The maximum absolute atomic E-state index is 12.7. The highest BCUT2D eigenvalue weighted by molar-refractivity contribution is 9.09. The van der Waals surface area contributed by atoms with Crippen LogP contribution in [0.25, 0.3) is 0 Å². The molecule has 3 nitrogen and oxygen atoms in total. The lowest BCUT2D eigenvalue weighted by Crippen LogP contribution is -2.11. The smallest absolute Gasteiger partial charge is 0.337 e. The fourth-order valence-electron chi connectivity index (χ4n) is 1.59. The third-order valence-corrected chi connectivity index (χ3v) is 3.00.